The molecule has 184 valence electrons. The number of benzene rings is 2. The third kappa shape index (κ3) is 3.84. The van der Waals surface area contributed by atoms with Crippen molar-refractivity contribution in [2.75, 3.05) is 13.1 Å². The monoisotopic (exact) mass is 482 g/mol. The number of fused-ring (bicyclic) bond motifs is 5. The Morgan fingerprint density at radius 2 is 1.83 bits per heavy atom. The molecule has 7 heteroatoms. The number of amides is 1. The lowest BCUT2D eigenvalue weighted by Gasteiger charge is -2.26. The fourth-order valence-corrected chi connectivity index (χ4v) is 5.67. The first-order valence-electron chi connectivity index (χ1n) is 12.4. The molecule has 7 nitrogen and oxygen atoms in total. The smallest absolute Gasteiger partial charge is 0.410 e. The molecule has 36 heavy (non-hydrogen) atoms. The van der Waals surface area contributed by atoms with Crippen molar-refractivity contribution in [1.82, 2.24) is 19.4 Å². The Hall–Kier alpha value is -3.71. The summed E-state index contributed by atoms with van der Waals surface area (Å²) in [5.41, 5.74) is 5.43. The molecule has 0 unspecified atom stereocenters. The molecule has 1 amide bonds. The molecule has 0 bridgehead atoms. The fraction of sp³-hybridized carbons (Fsp3) is 0.345. The van der Waals surface area contributed by atoms with E-state index >= 15 is 0 Å². The van der Waals surface area contributed by atoms with E-state index in [1.165, 1.54) is 5.56 Å². The molecule has 0 aliphatic carbocycles. The summed E-state index contributed by atoms with van der Waals surface area (Å²) in [5, 5.41) is 9.34. The summed E-state index contributed by atoms with van der Waals surface area (Å²) in [6, 6.07) is 20.7. The van der Waals surface area contributed by atoms with E-state index in [9.17, 15) is 9.90 Å². The lowest BCUT2D eigenvalue weighted by Crippen LogP contribution is -2.36. The summed E-state index contributed by atoms with van der Waals surface area (Å²) in [7, 11) is 0. The molecular weight excluding hydrogens is 452 g/mol. The molecule has 0 spiro atoms. The van der Waals surface area contributed by atoms with Crippen molar-refractivity contribution in [3.05, 3.63) is 83.9 Å². The van der Waals surface area contributed by atoms with E-state index in [1.807, 2.05) is 43.9 Å². The van der Waals surface area contributed by atoms with E-state index in [0.717, 1.165) is 28.0 Å². The van der Waals surface area contributed by atoms with Crippen molar-refractivity contribution in [2.45, 2.75) is 44.9 Å². The molecule has 6 rings (SSSR count). The number of hydrogen-bond donors (Lipinski definition) is 1. The summed E-state index contributed by atoms with van der Waals surface area (Å²) in [5.74, 6) is 1.39. The van der Waals surface area contributed by atoms with Crippen LogP contribution in [-0.4, -0.2) is 49.3 Å². The minimum atomic E-state index is -0.526. The highest BCUT2D eigenvalue weighted by Gasteiger charge is 2.50. The first kappa shape index (κ1) is 22.7. The number of ether oxygens (including phenoxy) is 1. The Bertz CT molecular complexity index is 1420. The minimum absolute atomic E-state index is 0.0721. The molecule has 0 saturated carbocycles. The van der Waals surface area contributed by atoms with Crippen LogP contribution in [0.1, 0.15) is 49.8 Å². The summed E-state index contributed by atoms with van der Waals surface area (Å²) in [6.45, 7) is 6.87. The van der Waals surface area contributed by atoms with Gasteiger partial charge in [-0.2, -0.15) is 0 Å². The number of hydrogen-bond acceptors (Lipinski definition) is 5. The maximum absolute atomic E-state index is 12.9. The van der Waals surface area contributed by atoms with Crippen LogP contribution in [0.5, 0.6) is 0 Å². The quantitative estimate of drug-likeness (QED) is 0.437. The van der Waals surface area contributed by atoms with Crippen molar-refractivity contribution in [1.29, 1.82) is 0 Å². The Balaban J connectivity index is 1.43. The van der Waals surface area contributed by atoms with Gasteiger partial charge in [0.25, 0.3) is 0 Å². The molecule has 4 heterocycles. The van der Waals surface area contributed by atoms with Gasteiger partial charge in [0.2, 0.25) is 0 Å². The molecule has 2 aliphatic heterocycles. The maximum atomic E-state index is 12.9. The average Bonchev–Trinajstić information content (AvgIpc) is 3.53. The van der Waals surface area contributed by atoms with Gasteiger partial charge in [-0.15, -0.1) is 0 Å². The van der Waals surface area contributed by atoms with Crippen LogP contribution in [0.15, 0.2) is 66.9 Å². The van der Waals surface area contributed by atoms with Crippen molar-refractivity contribution >= 4 is 17.1 Å². The number of likely N-dealkylation sites (tertiary alicyclic amines) is 1. The minimum Gasteiger partial charge on any atom is -0.444 e. The van der Waals surface area contributed by atoms with Crippen LogP contribution >= 0.6 is 0 Å². The van der Waals surface area contributed by atoms with Crippen molar-refractivity contribution in [2.24, 2.45) is 5.92 Å². The lowest BCUT2D eigenvalue weighted by atomic mass is 9.88. The van der Waals surface area contributed by atoms with Crippen LogP contribution in [0.4, 0.5) is 4.79 Å². The number of aliphatic hydroxyl groups is 1. The summed E-state index contributed by atoms with van der Waals surface area (Å²) in [6.07, 6.45) is 1.54. The first-order valence-corrected chi connectivity index (χ1v) is 12.4. The molecule has 3 atom stereocenters. The van der Waals surface area contributed by atoms with Gasteiger partial charge in [0.15, 0.2) is 0 Å². The molecule has 1 saturated heterocycles. The molecule has 1 fully saturated rings. The Morgan fingerprint density at radius 1 is 1.06 bits per heavy atom. The van der Waals surface area contributed by atoms with Crippen LogP contribution in [0.3, 0.4) is 0 Å². The van der Waals surface area contributed by atoms with Gasteiger partial charge in [-0.1, -0.05) is 42.5 Å². The highest BCUT2D eigenvalue weighted by Crippen LogP contribution is 2.50. The molecule has 2 aromatic heterocycles. The van der Waals surface area contributed by atoms with Crippen LogP contribution < -0.4 is 0 Å². The predicted molar refractivity (Wildman–Crippen MR) is 138 cm³/mol. The van der Waals surface area contributed by atoms with Crippen LogP contribution in [0.2, 0.25) is 0 Å². The highest BCUT2D eigenvalue weighted by atomic mass is 16.6. The number of carbonyl (C=O) groups is 1. The molecule has 2 aliphatic rings. The van der Waals surface area contributed by atoms with E-state index in [1.54, 1.807) is 6.20 Å². The van der Waals surface area contributed by atoms with Gasteiger partial charge in [0, 0.05) is 36.7 Å². The van der Waals surface area contributed by atoms with Gasteiger partial charge in [-0.05, 0) is 50.1 Å². The number of nitrogens with zero attached hydrogens (tertiary/aromatic N) is 4. The van der Waals surface area contributed by atoms with Gasteiger partial charge >= 0.3 is 6.09 Å². The van der Waals surface area contributed by atoms with Crippen molar-refractivity contribution < 1.29 is 14.6 Å². The summed E-state index contributed by atoms with van der Waals surface area (Å²) >= 11 is 0. The van der Waals surface area contributed by atoms with Crippen molar-refractivity contribution in [3.8, 4) is 11.1 Å². The van der Waals surface area contributed by atoms with Gasteiger partial charge in [0.05, 0.1) is 29.4 Å². The van der Waals surface area contributed by atoms with Crippen LogP contribution in [-0.2, 0) is 11.3 Å². The number of rotatable bonds is 3. The summed E-state index contributed by atoms with van der Waals surface area (Å²) in [4.78, 5) is 24.2. The fourth-order valence-electron chi connectivity index (χ4n) is 5.67. The van der Waals surface area contributed by atoms with Gasteiger partial charge < -0.3 is 19.3 Å². The Kier molecular flexibility index (Phi) is 5.34. The Morgan fingerprint density at radius 3 is 2.53 bits per heavy atom. The zero-order valence-electron chi connectivity index (χ0n) is 20.8. The van der Waals surface area contributed by atoms with Gasteiger partial charge in [-0.3, -0.25) is 4.98 Å². The maximum Gasteiger partial charge on any atom is 0.410 e. The third-order valence-electron chi connectivity index (χ3n) is 7.21. The third-order valence-corrected chi connectivity index (χ3v) is 7.21. The number of aromatic nitrogens is 3. The lowest BCUT2D eigenvalue weighted by molar-refractivity contribution is 0.0282. The van der Waals surface area contributed by atoms with E-state index < -0.39 is 5.60 Å². The number of aliphatic hydroxyl groups excluding tert-OH is 1. The average molecular weight is 483 g/mol. The topological polar surface area (TPSA) is 80.5 Å². The predicted octanol–water partition coefficient (Wildman–Crippen LogP) is 5.14. The van der Waals surface area contributed by atoms with E-state index in [4.69, 9.17) is 9.72 Å². The number of imidazole rings is 1. The van der Waals surface area contributed by atoms with Gasteiger partial charge in [0.1, 0.15) is 11.4 Å². The van der Waals surface area contributed by atoms with Crippen molar-refractivity contribution in [3.63, 3.8) is 0 Å². The van der Waals surface area contributed by atoms with Gasteiger partial charge in [-0.25, -0.2) is 9.78 Å². The zero-order valence-corrected chi connectivity index (χ0v) is 20.8. The molecular formula is C29H30N4O3. The highest BCUT2D eigenvalue weighted by molar-refractivity contribution is 5.83. The standard InChI is InChI=1S/C29H30N4O3/c1-29(2,3)36-28(35)32-15-22-23(16-32)27-31-24-12-10-19(20-9-11-21(17-34)30-14-20)13-25(24)33(27)26(22)18-7-5-4-6-8-18/h4-14,22-23,26,34H,15-17H2,1-3H3/t22-,23+,26-/m0/s1. The molecule has 0 radical (unpaired) electrons. The second-order valence-electron chi connectivity index (χ2n) is 10.8. The van der Waals surface area contributed by atoms with E-state index in [-0.39, 0.29) is 30.6 Å². The van der Waals surface area contributed by atoms with E-state index in [0.29, 0.717) is 18.8 Å². The number of carbonyl (C=O) groups excluding carboxylic acids is 1. The summed E-state index contributed by atoms with van der Waals surface area (Å²) < 4.78 is 8.07. The molecule has 4 aromatic rings. The number of pyridine rings is 1. The Labute approximate surface area is 210 Å². The van der Waals surface area contributed by atoms with Crippen LogP contribution in [0, 0.1) is 5.92 Å². The molecule has 2 aromatic carbocycles. The van der Waals surface area contributed by atoms with E-state index in [2.05, 4.69) is 52.0 Å². The largest absolute Gasteiger partial charge is 0.444 e. The SMILES string of the molecule is CC(C)(C)OC(=O)N1C[C@H]2[C@@H](C1)c1nc3ccc(-c4ccc(CO)nc4)cc3n1[C@H]2c1ccccc1. The molecule has 1 N–H and O–H groups in total. The zero-order chi connectivity index (χ0) is 25.0. The second kappa shape index (κ2) is 8.45. The van der Waals surface area contributed by atoms with Crippen LogP contribution in [0.25, 0.3) is 22.2 Å². The first-order chi connectivity index (χ1) is 17.3. The second-order valence-corrected chi connectivity index (χ2v) is 10.8. The normalized spacial score (nSPS) is 21.0.